The molecular weight excluding hydrogens is 430 g/mol. The first-order chi connectivity index (χ1) is 15.7. The second-order valence-corrected chi connectivity index (χ2v) is 7.17. The number of nitrogen functional groups attached to an aromatic ring is 1. The van der Waals surface area contributed by atoms with Gasteiger partial charge in [0, 0.05) is 20.2 Å². The zero-order valence-electron chi connectivity index (χ0n) is 19.3. The number of esters is 1. The van der Waals surface area contributed by atoms with Gasteiger partial charge in [-0.1, -0.05) is 19.4 Å². The highest BCUT2D eigenvalue weighted by atomic mass is 16.5. The fraction of sp³-hybridized carbons (Fsp3) is 0.391. The molecule has 0 spiro atoms. The number of benzene rings is 1. The summed E-state index contributed by atoms with van der Waals surface area (Å²) in [6.45, 7) is 4.27. The predicted octanol–water partition coefficient (Wildman–Crippen LogP) is 1.68. The lowest BCUT2D eigenvalue weighted by molar-refractivity contribution is -0.136. The van der Waals surface area contributed by atoms with Crippen LogP contribution in [0.5, 0.6) is 11.5 Å². The van der Waals surface area contributed by atoms with Crippen LogP contribution in [-0.4, -0.2) is 40.7 Å². The Bertz CT molecular complexity index is 1160. The van der Waals surface area contributed by atoms with Gasteiger partial charge in [-0.05, 0) is 37.1 Å². The number of hydrogen-bond acceptors (Lipinski definition) is 8. The molecule has 0 saturated carbocycles. The zero-order valence-corrected chi connectivity index (χ0v) is 19.3. The highest BCUT2D eigenvalue weighted by Crippen LogP contribution is 2.29. The van der Waals surface area contributed by atoms with Crippen LogP contribution in [0, 0.1) is 0 Å². The number of ketones is 1. The first kappa shape index (κ1) is 25.4. The van der Waals surface area contributed by atoms with Crippen LogP contribution in [0.15, 0.2) is 33.9 Å². The van der Waals surface area contributed by atoms with Crippen LogP contribution in [0.3, 0.4) is 0 Å². The predicted molar refractivity (Wildman–Crippen MR) is 124 cm³/mol. The molecule has 0 aliphatic carbocycles. The molecule has 0 saturated heterocycles. The van der Waals surface area contributed by atoms with Crippen LogP contribution in [0.2, 0.25) is 0 Å². The van der Waals surface area contributed by atoms with E-state index in [1.54, 1.807) is 18.2 Å². The minimum atomic E-state index is -0.850. The van der Waals surface area contributed by atoms with Crippen molar-refractivity contribution in [3.05, 3.63) is 56.2 Å². The van der Waals surface area contributed by atoms with Crippen molar-refractivity contribution in [2.45, 2.75) is 26.7 Å². The maximum atomic E-state index is 12.4. The molecule has 0 radical (unpaired) electrons. The number of anilines is 1. The quantitative estimate of drug-likeness (QED) is 0.232. The van der Waals surface area contributed by atoms with Crippen molar-refractivity contribution in [2.75, 3.05) is 25.6 Å². The first-order valence-electron chi connectivity index (χ1n) is 10.5. The van der Waals surface area contributed by atoms with Crippen molar-refractivity contribution in [3.8, 4) is 11.5 Å². The lowest BCUT2D eigenvalue weighted by Gasteiger charge is -2.12. The summed E-state index contributed by atoms with van der Waals surface area (Å²) in [5.41, 5.74) is 4.48. The number of carbonyl (C=O) groups is 2. The molecule has 0 atom stereocenters. The van der Waals surface area contributed by atoms with Gasteiger partial charge in [0.25, 0.3) is 5.56 Å². The molecule has 178 valence electrons. The van der Waals surface area contributed by atoms with Crippen LogP contribution in [0.25, 0.3) is 6.08 Å². The van der Waals surface area contributed by atoms with Gasteiger partial charge >= 0.3 is 11.7 Å². The summed E-state index contributed by atoms with van der Waals surface area (Å²) in [6, 6.07) is 5.25. The summed E-state index contributed by atoms with van der Waals surface area (Å²) in [4.78, 5) is 48.6. The van der Waals surface area contributed by atoms with E-state index in [0.717, 1.165) is 28.1 Å². The molecule has 1 heterocycles. The SMILES string of the molecule is CCCCOc1ccc(/C=C/C(=O)OCC(=O)c2c(N)n(C)c(=O)n(C)c2=O)cc1OCC. The van der Waals surface area contributed by atoms with Gasteiger partial charge in [-0.25, -0.2) is 9.59 Å². The van der Waals surface area contributed by atoms with E-state index in [1.165, 1.54) is 20.2 Å². The van der Waals surface area contributed by atoms with Crippen molar-refractivity contribution >= 4 is 23.6 Å². The number of Topliss-reactive ketones (excluding diaryl/α,β-unsaturated/α-hetero) is 1. The summed E-state index contributed by atoms with van der Waals surface area (Å²) in [5, 5.41) is 0. The van der Waals surface area contributed by atoms with Crippen LogP contribution in [0.4, 0.5) is 5.82 Å². The van der Waals surface area contributed by atoms with E-state index in [2.05, 4.69) is 6.92 Å². The van der Waals surface area contributed by atoms with Crippen molar-refractivity contribution in [1.82, 2.24) is 9.13 Å². The summed E-state index contributed by atoms with van der Waals surface area (Å²) in [7, 11) is 2.56. The Morgan fingerprint density at radius 2 is 1.79 bits per heavy atom. The van der Waals surface area contributed by atoms with Crippen molar-refractivity contribution in [1.29, 1.82) is 0 Å². The van der Waals surface area contributed by atoms with E-state index >= 15 is 0 Å². The Morgan fingerprint density at radius 3 is 2.45 bits per heavy atom. The average molecular weight is 459 g/mol. The maximum absolute atomic E-state index is 12.4. The van der Waals surface area contributed by atoms with Crippen molar-refractivity contribution in [3.63, 3.8) is 0 Å². The van der Waals surface area contributed by atoms with E-state index in [-0.39, 0.29) is 5.82 Å². The molecule has 0 fully saturated rings. The molecule has 10 nitrogen and oxygen atoms in total. The number of nitrogens with zero attached hydrogens (tertiary/aromatic N) is 2. The van der Waals surface area contributed by atoms with Gasteiger partial charge in [0.05, 0.1) is 13.2 Å². The van der Waals surface area contributed by atoms with Crippen molar-refractivity contribution < 1.29 is 23.8 Å². The molecule has 0 aliphatic heterocycles. The lowest BCUT2D eigenvalue weighted by atomic mass is 10.2. The topological polar surface area (TPSA) is 132 Å². The van der Waals surface area contributed by atoms with Gasteiger partial charge < -0.3 is 19.9 Å². The largest absolute Gasteiger partial charge is 0.490 e. The molecule has 1 aromatic heterocycles. The summed E-state index contributed by atoms with van der Waals surface area (Å²) in [6.07, 6.45) is 4.59. The normalized spacial score (nSPS) is 10.9. The van der Waals surface area contributed by atoms with Crippen LogP contribution >= 0.6 is 0 Å². The number of rotatable bonds is 11. The molecule has 0 unspecified atom stereocenters. The monoisotopic (exact) mass is 459 g/mol. The number of unbranched alkanes of at least 4 members (excludes halogenated alkanes) is 1. The Labute approximate surface area is 191 Å². The first-order valence-corrected chi connectivity index (χ1v) is 10.5. The fourth-order valence-electron chi connectivity index (χ4n) is 2.89. The minimum absolute atomic E-state index is 0.288. The van der Waals surface area contributed by atoms with Crippen LogP contribution < -0.4 is 26.5 Å². The van der Waals surface area contributed by atoms with Gasteiger partial charge in [0.1, 0.15) is 11.4 Å². The molecular formula is C23H29N3O7. The number of hydrogen-bond donors (Lipinski definition) is 1. The van der Waals surface area contributed by atoms with Gasteiger partial charge in [-0.2, -0.15) is 0 Å². The number of ether oxygens (including phenoxy) is 3. The van der Waals surface area contributed by atoms with E-state index in [4.69, 9.17) is 19.9 Å². The number of carbonyl (C=O) groups excluding carboxylic acids is 2. The van der Waals surface area contributed by atoms with Gasteiger partial charge in [-0.15, -0.1) is 0 Å². The third kappa shape index (κ3) is 6.34. The lowest BCUT2D eigenvalue weighted by Crippen LogP contribution is -2.42. The van der Waals surface area contributed by atoms with Crippen molar-refractivity contribution in [2.24, 2.45) is 14.1 Å². The van der Waals surface area contributed by atoms with Crippen LogP contribution in [-0.2, 0) is 23.6 Å². The smallest absolute Gasteiger partial charge is 0.332 e. The average Bonchev–Trinajstić information content (AvgIpc) is 2.80. The van der Waals surface area contributed by atoms with E-state index in [0.29, 0.717) is 30.3 Å². The van der Waals surface area contributed by atoms with E-state index in [9.17, 15) is 19.2 Å². The molecule has 2 aromatic rings. The second kappa shape index (κ2) is 11.7. The molecule has 0 amide bonds. The Kier molecular flexibility index (Phi) is 9.02. The van der Waals surface area contributed by atoms with Gasteiger partial charge in [0.15, 0.2) is 18.1 Å². The summed E-state index contributed by atoms with van der Waals surface area (Å²) >= 11 is 0. The Morgan fingerprint density at radius 1 is 1.06 bits per heavy atom. The van der Waals surface area contributed by atoms with Gasteiger partial charge in [0.2, 0.25) is 5.78 Å². The highest BCUT2D eigenvalue weighted by molar-refractivity contribution is 6.01. The van der Waals surface area contributed by atoms with Crippen LogP contribution in [0.1, 0.15) is 42.6 Å². The summed E-state index contributed by atoms with van der Waals surface area (Å²) in [5.74, 6) is -0.709. The third-order valence-electron chi connectivity index (χ3n) is 4.77. The Hall–Kier alpha value is -3.82. The number of nitrogens with two attached hydrogens (primary N) is 1. The molecule has 2 rings (SSSR count). The molecule has 10 heteroatoms. The summed E-state index contributed by atoms with van der Waals surface area (Å²) < 4.78 is 18.0. The zero-order chi connectivity index (χ0) is 24.5. The fourth-order valence-corrected chi connectivity index (χ4v) is 2.89. The molecule has 0 aliphatic rings. The number of aromatic nitrogens is 2. The van der Waals surface area contributed by atoms with Gasteiger partial charge in [-0.3, -0.25) is 18.7 Å². The highest BCUT2D eigenvalue weighted by Gasteiger charge is 2.21. The third-order valence-corrected chi connectivity index (χ3v) is 4.77. The second-order valence-electron chi connectivity index (χ2n) is 7.17. The minimum Gasteiger partial charge on any atom is -0.490 e. The molecule has 0 bridgehead atoms. The van der Waals surface area contributed by atoms with E-state index < -0.39 is 35.2 Å². The molecule has 1 aromatic carbocycles. The maximum Gasteiger partial charge on any atom is 0.332 e. The molecule has 33 heavy (non-hydrogen) atoms. The standard InChI is InChI=1S/C23H29N3O7/c1-5-7-12-32-17-10-8-15(13-18(17)31-6-2)9-11-19(28)33-14-16(27)20-21(24)25(3)23(30)26(4)22(20)29/h8-11,13H,5-7,12,14,24H2,1-4H3/b11-9+. The molecule has 2 N–H and O–H groups in total. The van der Waals surface area contributed by atoms with E-state index in [1.807, 2.05) is 6.92 Å². The Balaban J connectivity index is 2.07.